The summed E-state index contributed by atoms with van der Waals surface area (Å²) in [7, 11) is 0. The minimum atomic E-state index is 0.119. The van der Waals surface area contributed by atoms with Gasteiger partial charge in [0.25, 0.3) is 5.95 Å². The first-order chi connectivity index (χ1) is 7.20. The van der Waals surface area contributed by atoms with E-state index in [1.54, 1.807) is 23.9 Å². The second-order valence-electron chi connectivity index (χ2n) is 2.99. The number of nitrogens with two attached hydrogens (primary N) is 1. The molecule has 1 aromatic heterocycles. The molecule has 0 spiro atoms. The summed E-state index contributed by atoms with van der Waals surface area (Å²) in [4.78, 5) is 16.6. The normalized spacial score (nSPS) is 10.7. The third-order valence-corrected chi connectivity index (χ3v) is 2.81. The van der Waals surface area contributed by atoms with Crippen LogP contribution in [0.5, 0.6) is 0 Å². The van der Waals surface area contributed by atoms with Crippen molar-refractivity contribution in [2.24, 2.45) is 0 Å². The Bertz CT molecular complexity index is 551. The Morgan fingerprint density at radius 3 is 3.13 bits per heavy atom. The molecule has 15 heavy (non-hydrogen) atoms. The largest absolute Gasteiger partial charge is 0.365 e. The Balaban J connectivity index is 2.66. The van der Waals surface area contributed by atoms with Crippen LogP contribution in [0.3, 0.4) is 0 Å². The van der Waals surface area contributed by atoms with Gasteiger partial charge in [0.15, 0.2) is 4.54 Å². The number of benzene rings is 1. The lowest BCUT2D eigenvalue weighted by Gasteiger charge is -1.96. The van der Waals surface area contributed by atoms with Gasteiger partial charge in [-0.1, -0.05) is 12.0 Å². The fourth-order valence-electron chi connectivity index (χ4n) is 1.34. The fraction of sp³-hybridized carbons (Fsp3) is 0.222. The number of anilines is 1. The molecule has 78 valence electrons. The van der Waals surface area contributed by atoms with Gasteiger partial charge in [0.2, 0.25) is 0 Å². The van der Waals surface area contributed by atoms with Crippen molar-refractivity contribution in [3.63, 3.8) is 0 Å². The van der Waals surface area contributed by atoms with Crippen LogP contribution in [-0.4, -0.2) is 15.8 Å². The lowest BCUT2D eigenvalue weighted by molar-refractivity contribution is -0.535. The average molecular weight is 223 g/mol. The van der Waals surface area contributed by atoms with Gasteiger partial charge >= 0.3 is 5.52 Å². The third kappa shape index (κ3) is 1.94. The zero-order chi connectivity index (χ0) is 10.8. The SMILES string of the molecule is CCSc1ccc2nc(N)[nH][n+](=O)c2c1. The summed E-state index contributed by atoms with van der Waals surface area (Å²) < 4.78 is 0.636. The summed E-state index contributed by atoms with van der Waals surface area (Å²) in [5, 5.41) is 2.40. The van der Waals surface area contributed by atoms with E-state index in [0.29, 0.717) is 15.6 Å². The Labute approximate surface area is 90.3 Å². The maximum absolute atomic E-state index is 11.5. The quantitative estimate of drug-likeness (QED) is 0.592. The van der Waals surface area contributed by atoms with E-state index in [1.807, 2.05) is 6.07 Å². The standard InChI is InChI=1S/C9H11N4OS/c1-2-15-6-3-4-7-8(5-6)13(14)12-9(10)11-7/h3-5H,2H2,1H3,(H3,10,11,12,14)/q+1. The van der Waals surface area contributed by atoms with E-state index in [1.165, 1.54) is 0 Å². The summed E-state index contributed by atoms with van der Waals surface area (Å²) >= 11 is 1.68. The summed E-state index contributed by atoms with van der Waals surface area (Å²) in [6.45, 7) is 2.06. The number of aromatic amines is 1. The van der Waals surface area contributed by atoms with E-state index in [0.717, 1.165) is 10.6 Å². The molecule has 2 rings (SSSR count). The number of hydrogen-bond donors (Lipinski definition) is 2. The summed E-state index contributed by atoms with van der Waals surface area (Å²) in [6.07, 6.45) is 0. The van der Waals surface area contributed by atoms with Gasteiger partial charge in [-0.3, -0.25) is 0 Å². The number of hydrogen-bond acceptors (Lipinski definition) is 4. The Morgan fingerprint density at radius 2 is 2.40 bits per heavy atom. The Morgan fingerprint density at radius 1 is 1.60 bits per heavy atom. The second-order valence-corrected chi connectivity index (χ2v) is 4.32. The van der Waals surface area contributed by atoms with Crippen molar-refractivity contribution in [1.29, 1.82) is 0 Å². The topological polar surface area (TPSA) is 77.7 Å². The van der Waals surface area contributed by atoms with Crippen LogP contribution in [0, 0.1) is 4.91 Å². The predicted molar refractivity (Wildman–Crippen MR) is 60.3 cm³/mol. The number of thioether (sulfide) groups is 1. The number of nitrogens with one attached hydrogen (secondary N) is 1. The highest BCUT2D eigenvalue weighted by Crippen LogP contribution is 2.20. The average Bonchev–Trinajstić information content (AvgIpc) is 2.19. The number of nitrogen functional groups attached to an aromatic ring is 1. The van der Waals surface area contributed by atoms with E-state index in [2.05, 4.69) is 17.0 Å². The number of rotatable bonds is 2. The van der Waals surface area contributed by atoms with Crippen molar-refractivity contribution in [3.8, 4) is 0 Å². The van der Waals surface area contributed by atoms with Crippen LogP contribution in [-0.2, 0) is 0 Å². The monoisotopic (exact) mass is 223 g/mol. The molecule has 6 heteroatoms. The van der Waals surface area contributed by atoms with E-state index in [9.17, 15) is 4.91 Å². The summed E-state index contributed by atoms with van der Waals surface area (Å²) in [5.41, 5.74) is 6.53. The minimum absolute atomic E-state index is 0.119. The number of aromatic nitrogens is 3. The van der Waals surface area contributed by atoms with Gasteiger partial charge in [-0.15, -0.1) is 11.8 Å². The molecule has 0 unspecified atom stereocenters. The fourth-order valence-corrected chi connectivity index (χ4v) is 2.03. The molecule has 0 aliphatic rings. The highest BCUT2D eigenvalue weighted by molar-refractivity contribution is 7.99. The first-order valence-electron chi connectivity index (χ1n) is 4.55. The van der Waals surface area contributed by atoms with Crippen molar-refractivity contribution in [3.05, 3.63) is 23.1 Å². The molecule has 1 heterocycles. The highest BCUT2D eigenvalue weighted by Gasteiger charge is 2.10. The van der Waals surface area contributed by atoms with E-state index >= 15 is 0 Å². The molecule has 0 saturated heterocycles. The summed E-state index contributed by atoms with van der Waals surface area (Å²) in [5.74, 6) is 1.09. The molecule has 0 radical (unpaired) electrons. The van der Waals surface area contributed by atoms with Gasteiger partial charge in [0.1, 0.15) is 5.52 Å². The van der Waals surface area contributed by atoms with Crippen LogP contribution in [0.1, 0.15) is 6.92 Å². The first kappa shape index (κ1) is 9.97. The second kappa shape index (κ2) is 3.90. The third-order valence-electron chi connectivity index (χ3n) is 1.93. The van der Waals surface area contributed by atoms with Crippen molar-refractivity contribution >= 4 is 28.7 Å². The van der Waals surface area contributed by atoms with Crippen molar-refractivity contribution in [1.82, 2.24) is 10.1 Å². The zero-order valence-corrected chi connectivity index (χ0v) is 9.04. The molecule has 0 bridgehead atoms. The van der Waals surface area contributed by atoms with Crippen molar-refractivity contribution in [2.75, 3.05) is 11.5 Å². The van der Waals surface area contributed by atoms with Crippen LogP contribution < -0.4 is 10.3 Å². The van der Waals surface area contributed by atoms with Gasteiger partial charge in [0, 0.05) is 11.0 Å². The molecule has 2 aromatic rings. The molecule has 0 saturated carbocycles. The maximum atomic E-state index is 11.5. The van der Waals surface area contributed by atoms with E-state index in [-0.39, 0.29) is 5.95 Å². The molecular weight excluding hydrogens is 212 g/mol. The van der Waals surface area contributed by atoms with Crippen molar-refractivity contribution in [2.45, 2.75) is 11.8 Å². The van der Waals surface area contributed by atoms with Gasteiger partial charge in [-0.25, -0.2) is 4.98 Å². The smallest absolute Gasteiger partial charge is 0.319 e. The number of nitrogens with zero attached hydrogens (tertiary/aromatic N) is 2. The molecule has 0 atom stereocenters. The van der Waals surface area contributed by atoms with E-state index in [4.69, 9.17) is 5.73 Å². The molecule has 3 N–H and O–H groups in total. The molecule has 0 amide bonds. The Kier molecular flexibility index (Phi) is 2.59. The zero-order valence-electron chi connectivity index (χ0n) is 8.23. The first-order valence-corrected chi connectivity index (χ1v) is 5.54. The van der Waals surface area contributed by atoms with Gasteiger partial charge < -0.3 is 5.73 Å². The number of H-pyrrole nitrogens is 1. The summed E-state index contributed by atoms with van der Waals surface area (Å²) in [6, 6.07) is 5.54. The van der Waals surface area contributed by atoms with E-state index < -0.39 is 0 Å². The molecule has 5 nitrogen and oxygen atoms in total. The Hall–Kier alpha value is -1.56. The number of fused-ring (bicyclic) bond motifs is 1. The van der Waals surface area contributed by atoms with Crippen LogP contribution in [0.2, 0.25) is 0 Å². The highest BCUT2D eigenvalue weighted by atomic mass is 32.2. The lowest BCUT2D eigenvalue weighted by Crippen LogP contribution is -2.23. The molecule has 1 aromatic carbocycles. The van der Waals surface area contributed by atoms with Gasteiger partial charge in [0.05, 0.1) is 4.91 Å². The molecule has 0 fully saturated rings. The predicted octanol–water partition coefficient (Wildman–Crippen LogP) is 1.17. The molecule has 0 aliphatic heterocycles. The molecule has 0 aliphatic carbocycles. The molecular formula is C9H11N4OS+. The van der Waals surface area contributed by atoms with Crippen LogP contribution in [0.25, 0.3) is 11.0 Å². The lowest BCUT2D eigenvalue weighted by atomic mass is 10.3. The van der Waals surface area contributed by atoms with Crippen LogP contribution in [0.4, 0.5) is 5.95 Å². The van der Waals surface area contributed by atoms with Crippen LogP contribution in [0.15, 0.2) is 23.1 Å². The van der Waals surface area contributed by atoms with Crippen LogP contribution >= 0.6 is 11.8 Å². The minimum Gasteiger partial charge on any atom is -0.365 e. The van der Waals surface area contributed by atoms with Gasteiger partial charge in [-0.05, 0) is 17.9 Å². The van der Waals surface area contributed by atoms with Crippen molar-refractivity contribution < 1.29 is 4.54 Å². The van der Waals surface area contributed by atoms with Gasteiger partial charge in [-0.2, -0.15) is 0 Å². The maximum Gasteiger partial charge on any atom is 0.319 e.